The monoisotopic (exact) mass is 468 g/mol. The van der Waals surface area contributed by atoms with E-state index in [9.17, 15) is 18.0 Å². The number of sulfonamides is 1. The Kier molecular flexibility index (Phi) is 6.04. The topological polar surface area (TPSA) is 92.3 Å². The third-order valence-electron chi connectivity index (χ3n) is 5.70. The fraction of sp³-hybridized carbons (Fsp3) is 0.167. The Morgan fingerprint density at radius 3 is 2.16 bits per heavy atom. The smallest absolute Gasteiger partial charge is 0.264 e. The van der Waals surface area contributed by atoms with Gasteiger partial charge in [-0.3, -0.25) is 9.59 Å². The summed E-state index contributed by atoms with van der Waals surface area (Å²) < 4.78 is 27.5. The third kappa shape index (κ3) is 4.40. The minimum Gasteiger partial charge on any atom is -0.322 e. The standard InChI is InChI=1S/C24H21ClN2O4S/c25-19-7-4-6-17(16-19)22(28)26-20-12-10-18(11-13-20)24(14-5-15-24)23(29)27-32(30,31)21-8-2-1-3-9-21/h1-4,6-13,16H,5,14-15H2,(H,26,28)(H,27,29). The predicted octanol–water partition coefficient (Wildman–Crippen LogP) is 4.52. The molecule has 0 bridgehead atoms. The first-order valence-electron chi connectivity index (χ1n) is 10.1. The number of amides is 2. The number of anilines is 1. The summed E-state index contributed by atoms with van der Waals surface area (Å²) in [4.78, 5) is 25.5. The van der Waals surface area contributed by atoms with Gasteiger partial charge in [0.1, 0.15) is 0 Å². The Bertz CT molecular complexity index is 1250. The van der Waals surface area contributed by atoms with Gasteiger partial charge in [0.15, 0.2) is 0 Å². The maximum absolute atomic E-state index is 13.0. The Morgan fingerprint density at radius 1 is 0.875 bits per heavy atom. The first-order valence-corrected chi connectivity index (χ1v) is 12.0. The minimum absolute atomic E-state index is 0.0434. The molecule has 2 amide bonds. The lowest BCUT2D eigenvalue weighted by Crippen LogP contribution is -2.50. The summed E-state index contributed by atoms with van der Waals surface area (Å²) in [6.07, 6.45) is 1.93. The molecule has 0 saturated heterocycles. The van der Waals surface area contributed by atoms with Gasteiger partial charge in [0.05, 0.1) is 10.3 Å². The summed E-state index contributed by atoms with van der Waals surface area (Å²) in [5.41, 5.74) is 0.801. The van der Waals surface area contributed by atoms with Gasteiger partial charge in [-0.05, 0) is 60.9 Å². The van der Waals surface area contributed by atoms with E-state index < -0.39 is 21.3 Å². The largest absolute Gasteiger partial charge is 0.322 e. The number of rotatable bonds is 6. The molecule has 164 valence electrons. The molecule has 1 aliphatic rings. The molecule has 0 radical (unpaired) electrons. The van der Waals surface area contributed by atoms with Gasteiger partial charge < -0.3 is 5.32 Å². The first kappa shape index (κ1) is 22.0. The molecule has 0 aromatic heterocycles. The van der Waals surface area contributed by atoms with Gasteiger partial charge in [-0.1, -0.05) is 54.4 Å². The Hall–Kier alpha value is -3.16. The SMILES string of the molecule is O=C(Nc1ccc(C2(C(=O)NS(=O)(=O)c3ccccc3)CCC2)cc1)c1cccc(Cl)c1. The van der Waals surface area contributed by atoms with Gasteiger partial charge in [0.2, 0.25) is 5.91 Å². The molecule has 32 heavy (non-hydrogen) atoms. The lowest BCUT2D eigenvalue weighted by Gasteiger charge is -2.40. The van der Waals surface area contributed by atoms with Crippen molar-refractivity contribution in [2.75, 3.05) is 5.32 Å². The van der Waals surface area contributed by atoms with Crippen molar-refractivity contribution in [3.8, 4) is 0 Å². The van der Waals surface area contributed by atoms with Gasteiger partial charge >= 0.3 is 0 Å². The number of hydrogen-bond donors (Lipinski definition) is 2. The van der Waals surface area contributed by atoms with Crippen molar-refractivity contribution in [3.63, 3.8) is 0 Å². The summed E-state index contributed by atoms with van der Waals surface area (Å²) in [6, 6.07) is 21.3. The molecule has 1 saturated carbocycles. The van der Waals surface area contributed by atoms with Crippen LogP contribution in [0.5, 0.6) is 0 Å². The van der Waals surface area contributed by atoms with Crippen molar-refractivity contribution in [3.05, 3.63) is 95.0 Å². The zero-order valence-electron chi connectivity index (χ0n) is 17.0. The van der Waals surface area contributed by atoms with E-state index in [0.29, 0.717) is 34.7 Å². The highest BCUT2D eigenvalue weighted by Gasteiger charge is 2.47. The van der Waals surface area contributed by atoms with Crippen LogP contribution >= 0.6 is 11.6 Å². The van der Waals surface area contributed by atoms with Crippen molar-refractivity contribution in [1.29, 1.82) is 0 Å². The van der Waals surface area contributed by atoms with E-state index in [4.69, 9.17) is 11.6 Å². The molecular weight excluding hydrogens is 448 g/mol. The maximum atomic E-state index is 13.0. The molecule has 6 nitrogen and oxygen atoms in total. The summed E-state index contributed by atoms with van der Waals surface area (Å²) in [7, 11) is -3.95. The summed E-state index contributed by atoms with van der Waals surface area (Å²) in [5, 5.41) is 3.26. The van der Waals surface area contributed by atoms with Crippen LogP contribution < -0.4 is 10.0 Å². The molecule has 0 aliphatic heterocycles. The van der Waals surface area contributed by atoms with Gasteiger partial charge in [-0.15, -0.1) is 0 Å². The second-order valence-corrected chi connectivity index (χ2v) is 9.84. The summed E-state index contributed by atoms with van der Waals surface area (Å²) >= 11 is 5.94. The van der Waals surface area contributed by atoms with Crippen LogP contribution in [0.2, 0.25) is 5.02 Å². The van der Waals surface area contributed by atoms with Gasteiger partial charge in [-0.25, -0.2) is 13.1 Å². The van der Waals surface area contributed by atoms with Crippen molar-refractivity contribution in [1.82, 2.24) is 4.72 Å². The first-order chi connectivity index (χ1) is 15.3. The molecule has 0 spiro atoms. The second-order valence-electron chi connectivity index (χ2n) is 7.73. The minimum atomic E-state index is -3.95. The Morgan fingerprint density at radius 2 is 1.56 bits per heavy atom. The van der Waals surface area contributed by atoms with Gasteiger partial charge in [0.25, 0.3) is 15.9 Å². The molecule has 1 fully saturated rings. The van der Waals surface area contributed by atoms with E-state index >= 15 is 0 Å². The molecular formula is C24H21ClN2O4S. The fourth-order valence-electron chi connectivity index (χ4n) is 3.76. The number of benzene rings is 3. The van der Waals surface area contributed by atoms with Crippen LogP contribution in [0.1, 0.15) is 35.2 Å². The van der Waals surface area contributed by atoms with Crippen LogP contribution in [-0.2, 0) is 20.2 Å². The lowest BCUT2D eigenvalue weighted by molar-refractivity contribution is -0.128. The van der Waals surface area contributed by atoms with E-state index in [1.165, 1.54) is 12.1 Å². The number of hydrogen-bond acceptors (Lipinski definition) is 4. The summed E-state index contributed by atoms with van der Waals surface area (Å²) in [5.74, 6) is -0.839. The molecule has 8 heteroatoms. The number of halogens is 1. The van der Waals surface area contributed by atoms with E-state index in [0.717, 1.165) is 6.42 Å². The Balaban J connectivity index is 1.50. The van der Waals surface area contributed by atoms with Crippen molar-refractivity contribution in [2.24, 2.45) is 0 Å². The number of carbonyl (C=O) groups excluding carboxylic acids is 2. The van der Waals surface area contributed by atoms with Gasteiger partial charge in [0, 0.05) is 16.3 Å². The van der Waals surface area contributed by atoms with Crippen LogP contribution in [0.25, 0.3) is 0 Å². The third-order valence-corrected chi connectivity index (χ3v) is 7.29. The summed E-state index contributed by atoms with van der Waals surface area (Å²) in [6.45, 7) is 0. The van der Waals surface area contributed by atoms with Crippen LogP contribution in [0.3, 0.4) is 0 Å². The lowest BCUT2D eigenvalue weighted by atomic mass is 9.64. The van der Waals surface area contributed by atoms with E-state index in [2.05, 4.69) is 10.0 Å². The average Bonchev–Trinajstić information content (AvgIpc) is 2.74. The van der Waals surface area contributed by atoms with Crippen LogP contribution in [0.4, 0.5) is 5.69 Å². The molecule has 4 rings (SSSR count). The van der Waals surface area contributed by atoms with Crippen LogP contribution in [-0.4, -0.2) is 20.2 Å². The zero-order valence-corrected chi connectivity index (χ0v) is 18.6. The molecule has 3 aromatic rings. The number of carbonyl (C=O) groups is 2. The molecule has 1 aliphatic carbocycles. The highest BCUT2D eigenvalue weighted by Crippen LogP contribution is 2.44. The van der Waals surface area contributed by atoms with E-state index in [-0.39, 0.29) is 10.8 Å². The maximum Gasteiger partial charge on any atom is 0.264 e. The fourth-order valence-corrected chi connectivity index (χ4v) is 5.02. The zero-order chi connectivity index (χ0) is 22.8. The highest BCUT2D eigenvalue weighted by molar-refractivity contribution is 7.90. The van der Waals surface area contributed by atoms with Crippen LogP contribution in [0, 0.1) is 0 Å². The van der Waals surface area contributed by atoms with Crippen LogP contribution in [0.15, 0.2) is 83.8 Å². The van der Waals surface area contributed by atoms with Crippen molar-refractivity contribution >= 4 is 39.1 Å². The molecule has 0 heterocycles. The number of nitrogens with one attached hydrogen (secondary N) is 2. The molecule has 2 N–H and O–H groups in total. The highest BCUT2D eigenvalue weighted by atomic mass is 35.5. The molecule has 0 atom stereocenters. The van der Waals surface area contributed by atoms with E-state index in [1.54, 1.807) is 66.7 Å². The van der Waals surface area contributed by atoms with Gasteiger partial charge in [-0.2, -0.15) is 0 Å². The Labute approximate surface area is 191 Å². The normalized spacial score (nSPS) is 14.8. The average molecular weight is 469 g/mol. The quantitative estimate of drug-likeness (QED) is 0.556. The predicted molar refractivity (Wildman–Crippen MR) is 123 cm³/mol. The molecule has 0 unspecified atom stereocenters. The molecule has 3 aromatic carbocycles. The van der Waals surface area contributed by atoms with E-state index in [1.807, 2.05) is 0 Å². The van der Waals surface area contributed by atoms with Crippen molar-refractivity contribution in [2.45, 2.75) is 29.6 Å². The second kappa shape index (κ2) is 8.76. The van der Waals surface area contributed by atoms with Crippen molar-refractivity contribution < 1.29 is 18.0 Å².